The van der Waals surface area contributed by atoms with Gasteiger partial charge in [0.15, 0.2) is 0 Å². The lowest BCUT2D eigenvalue weighted by atomic mass is 10.0. The summed E-state index contributed by atoms with van der Waals surface area (Å²) in [5.74, 6) is 0. The smallest absolute Gasteiger partial charge is 0.277 e. The predicted molar refractivity (Wildman–Crippen MR) is 111 cm³/mol. The molecule has 0 heterocycles. The maximum atomic E-state index is 11.3. The maximum Gasteiger partial charge on any atom is 0.277 e. The molecular formula is C22H16N4O2. The Bertz CT molecular complexity index is 1080. The number of nitro benzene ring substituents is 1. The van der Waals surface area contributed by atoms with Gasteiger partial charge in [-0.15, -0.1) is 0 Å². The van der Waals surface area contributed by atoms with Crippen molar-refractivity contribution in [1.82, 2.24) is 0 Å². The third kappa shape index (κ3) is 4.68. The number of nitriles is 1. The van der Waals surface area contributed by atoms with E-state index in [0.717, 1.165) is 16.8 Å². The fraction of sp³-hybridized carbons (Fsp3) is 0. The van der Waals surface area contributed by atoms with Gasteiger partial charge < -0.3 is 0 Å². The average molecular weight is 368 g/mol. The fourth-order valence-electron chi connectivity index (χ4n) is 2.56. The Morgan fingerprint density at radius 3 is 2.32 bits per heavy atom. The number of rotatable bonds is 6. The van der Waals surface area contributed by atoms with Crippen molar-refractivity contribution in [3.05, 3.63) is 105 Å². The molecule has 3 aromatic carbocycles. The summed E-state index contributed by atoms with van der Waals surface area (Å²) in [4.78, 5) is 10.8. The molecule has 0 radical (unpaired) electrons. The molecule has 3 aromatic rings. The number of hydrogen-bond acceptors (Lipinski definition) is 5. The second-order valence-corrected chi connectivity index (χ2v) is 5.84. The van der Waals surface area contributed by atoms with Crippen LogP contribution in [0.2, 0.25) is 0 Å². The van der Waals surface area contributed by atoms with Gasteiger partial charge in [0.2, 0.25) is 0 Å². The minimum atomic E-state index is -0.488. The van der Waals surface area contributed by atoms with Crippen LogP contribution in [0.1, 0.15) is 22.3 Å². The van der Waals surface area contributed by atoms with Crippen LogP contribution < -0.4 is 5.43 Å². The Morgan fingerprint density at radius 2 is 1.61 bits per heavy atom. The van der Waals surface area contributed by atoms with Crippen molar-refractivity contribution in [2.75, 3.05) is 5.43 Å². The van der Waals surface area contributed by atoms with Crippen LogP contribution in [-0.4, -0.2) is 11.1 Å². The molecule has 3 rings (SSSR count). The summed E-state index contributed by atoms with van der Waals surface area (Å²) in [5.41, 5.74) is 6.13. The lowest BCUT2D eigenvalue weighted by molar-refractivity contribution is -0.385. The van der Waals surface area contributed by atoms with E-state index < -0.39 is 4.92 Å². The first kappa shape index (κ1) is 18.5. The van der Waals surface area contributed by atoms with Crippen LogP contribution in [0.3, 0.4) is 0 Å². The fourth-order valence-corrected chi connectivity index (χ4v) is 2.56. The summed E-state index contributed by atoms with van der Waals surface area (Å²) in [6.45, 7) is 0. The van der Waals surface area contributed by atoms with Gasteiger partial charge in [0.05, 0.1) is 34.0 Å². The Morgan fingerprint density at radius 1 is 0.929 bits per heavy atom. The largest absolute Gasteiger partial charge is 0.279 e. The number of benzene rings is 3. The highest BCUT2D eigenvalue weighted by Crippen LogP contribution is 2.23. The molecule has 0 unspecified atom stereocenters. The molecule has 1 N–H and O–H groups in total. The number of anilines is 1. The van der Waals surface area contributed by atoms with Gasteiger partial charge in [-0.05, 0) is 35.9 Å². The summed E-state index contributed by atoms with van der Waals surface area (Å²) in [6, 6.07) is 23.5. The summed E-state index contributed by atoms with van der Waals surface area (Å²) >= 11 is 0. The standard InChI is InChI=1S/C22H16N4O2/c23-15-17-10-11-19(22(14-17)26(27)28)13-12-18-6-4-5-7-20(18)16-24-25-21-8-2-1-3-9-21/h1-14,16,25H/b13-12-,24-16-. The number of hydrogen-bond donors (Lipinski definition) is 1. The Balaban J connectivity index is 1.84. The van der Waals surface area contributed by atoms with Crippen LogP contribution in [0.5, 0.6) is 0 Å². The molecule has 0 saturated heterocycles. The quantitative estimate of drug-likeness (QED) is 0.284. The second-order valence-electron chi connectivity index (χ2n) is 5.84. The monoisotopic (exact) mass is 368 g/mol. The van der Waals surface area contributed by atoms with E-state index in [9.17, 15) is 10.1 Å². The SMILES string of the molecule is N#Cc1ccc(/C=C\c2ccccc2/C=N\Nc2ccccc2)c([N+](=O)[O-])c1. The van der Waals surface area contributed by atoms with Gasteiger partial charge in [0.1, 0.15) is 0 Å². The summed E-state index contributed by atoms with van der Waals surface area (Å²) in [6.07, 6.45) is 5.15. The Hall–Kier alpha value is -4.24. The highest BCUT2D eigenvalue weighted by Gasteiger charge is 2.12. The molecule has 0 aliphatic heterocycles. The van der Waals surface area contributed by atoms with Crippen LogP contribution in [-0.2, 0) is 0 Å². The average Bonchev–Trinajstić information content (AvgIpc) is 2.73. The zero-order chi connectivity index (χ0) is 19.8. The van der Waals surface area contributed by atoms with Crippen molar-refractivity contribution in [2.45, 2.75) is 0 Å². The van der Waals surface area contributed by atoms with E-state index in [2.05, 4.69) is 10.5 Å². The first-order chi connectivity index (χ1) is 13.7. The van der Waals surface area contributed by atoms with Crippen molar-refractivity contribution in [3.8, 4) is 6.07 Å². The van der Waals surface area contributed by atoms with Crippen molar-refractivity contribution < 1.29 is 4.92 Å². The normalized spacial score (nSPS) is 10.8. The molecule has 0 saturated carbocycles. The zero-order valence-corrected chi connectivity index (χ0v) is 14.8. The number of nitrogens with zero attached hydrogens (tertiary/aromatic N) is 3. The minimum Gasteiger partial charge on any atom is -0.279 e. The van der Waals surface area contributed by atoms with Gasteiger partial charge in [-0.2, -0.15) is 10.4 Å². The molecular weight excluding hydrogens is 352 g/mol. The lowest BCUT2D eigenvalue weighted by Gasteiger charge is -2.02. The van der Waals surface area contributed by atoms with Gasteiger partial charge in [-0.3, -0.25) is 15.5 Å². The maximum absolute atomic E-state index is 11.3. The van der Waals surface area contributed by atoms with Gasteiger partial charge in [-0.1, -0.05) is 48.5 Å². The molecule has 6 nitrogen and oxygen atoms in total. The van der Waals surface area contributed by atoms with E-state index >= 15 is 0 Å². The molecule has 28 heavy (non-hydrogen) atoms. The number of para-hydroxylation sites is 1. The molecule has 6 heteroatoms. The highest BCUT2D eigenvalue weighted by molar-refractivity contribution is 5.88. The van der Waals surface area contributed by atoms with Crippen molar-refractivity contribution in [3.63, 3.8) is 0 Å². The Labute approximate surface area is 162 Å². The molecule has 0 atom stereocenters. The molecule has 0 fully saturated rings. The third-order valence-electron chi connectivity index (χ3n) is 3.97. The van der Waals surface area contributed by atoms with Crippen LogP contribution in [0.4, 0.5) is 11.4 Å². The molecule has 0 amide bonds. The van der Waals surface area contributed by atoms with Crippen LogP contribution in [0.15, 0.2) is 77.9 Å². The van der Waals surface area contributed by atoms with Crippen molar-refractivity contribution in [2.24, 2.45) is 5.10 Å². The molecule has 0 spiro atoms. The number of hydrazone groups is 1. The van der Waals surface area contributed by atoms with Gasteiger partial charge in [0.25, 0.3) is 5.69 Å². The van der Waals surface area contributed by atoms with E-state index in [0.29, 0.717) is 5.56 Å². The van der Waals surface area contributed by atoms with Crippen LogP contribution >= 0.6 is 0 Å². The zero-order valence-electron chi connectivity index (χ0n) is 14.8. The van der Waals surface area contributed by atoms with Crippen LogP contribution in [0.25, 0.3) is 12.2 Å². The first-order valence-corrected chi connectivity index (χ1v) is 8.47. The molecule has 136 valence electrons. The predicted octanol–water partition coefficient (Wildman–Crippen LogP) is 5.08. The Kier molecular flexibility index (Phi) is 5.91. The topological polar surface area (TPSA) is 91.3 Å². The van der Waals surface area contributed by atoms with E-state index in [4.69, 9.17) is 5.26 Å². The summed E-state index contributed by atoms with van der Waals surface area (Å²) in [7, 11) is 0. The van der Waals surface area contributed by atoms with E-state index in [1.807, 2.05) is 60.7 Å². The molecule has 0 aliphatic rings. The first-order valence-electron chi connectivity index (χ1n) is 8.47. The summed E-state index contributed by atoms with van der Waals surface area (Å²) in [5, 5.41) is 24.5. The van der Waals surface area contributed by atoms with Gasteiger partial charge in [-0.25, -0.2) is 0 Å². The second kappa shape index (κ2) is 8.92. The van der Waals surface area contributed by atoms with Crippen molar-refractivity contribution in [1.29, 1.82) is 5.26 Å². The third-order valence-corrected chi connectivity index (χ3v) is 3.97. The summed E-state index contributed by atoms with van der Waals surface area (Å²) < 4.78 is 0. The van der Waals surface area contributed by atoms with E-state index in [-0.39, 0.29) is 11.3 Å². The molecule has 0 bridgehead atoms. The van der Waals surface area contributed by atoms with E-state index in [1.54, 1.807) is 30.5 Å². The lowest BCUT2D eigenvalue weighted by Crippen LogP contribution is -1.93. The number of nitrogens with one attached hydrogen (secondary N) is 1. The minimum absolute atomic E-state index is 0.104. The molecule has 0 aliphatic carbocycles. The number of nitro groups is 1. The van der Waals surface area contributed by atoms with Crippen molar-refractivity contribution >= 4 is 29.7 Å². The van der Waals surface area contributed by atoms with E-state index in [1.165, 1.54) is 6.07 Å². The van der Waals surface area contributed by atoms with Gasteiger partial charge >= 0.3 is 0 Å². The van der Waals surface area contributed by atoms with Crippen LogP contribution in [0, 0.1) is 21.4 Å². The highest BCUT2D eigenvalue weighted by atomic mass is 16.6. The van der Waals surface area contributed by atoms with Gasteiger partial charge in [0, 0.05) is 11.6 Å². The molecule has 0 aromatic heterocycles.